The molecular weight excluding hydrogens is 200 g/mol. The Bertz CT molecular complexity index is 233. The summed E-state index contributed by atoms with van der Waals surface area (Å²) in [4.78, 5) is 11.1. The third-order valence-corrected chi connectivity index (χ3v) is 3.23. The first-order valence-electron chi connectivity index (χ1n) is 6.63. The summed E-state index contributed by atoms with van der Waals surface area (Å²) in [5.74, 6) is 0.211. The Morgan fingerprint density at radius 3 is 2.62 bits per heavy atom. The molecule has 0 spiro atoms. The molecule has 0 bridgehead atoms. The minimum atomic E-state index is -0.172. The summed E-state index contributed by atoms with van der Waals surface area (Å²) in [7, 11) is 0. The molecule has 0 saturated carbocycles. The van der Waals surface area contributed by atoms with Gasteiger partial charge in [0, 0.05) is 12.0 Å². The summed E-state index contributed by atoms with van der Waals surface area (Å²) in [6.07, 6.45) is 12.4. The predicted octanol–water partition coefficient (Wildman–Crippen LogP) is 3.85. The van der Waals surface area contributed by atoms with Crippen LogP contribution in [0.1, 0.15) is 58.8 Å². The van der Waals surface area contributed by atoms with Crippen LogP contribution >= 0.6 is 0 Å². The van der Waals surface area contributed by atoms with E-state index >= 15 is 0 Å². The fourth-order valence-electron chi connectivity index (χ4n) is 2.10. The number of ether oxygens (including phenoxy) is 1. The normalized spacial score (nSPS) is 24.5. The molecule has 0 aromatic rings. The number of unbranched alkanes of at least 4 members (excludes halogenated alkanes) is 5. The van der Waals surface area contributed by atoms with Crippen LogP contribution in [0, 0.1) is 5.92 Å². The molecule has 0 radical (unpaired) electrons. The fourth-order valence-corrected chi connectivity index (χ4v) is 2.10. The quantitative estimate of drug-likeness (QED) is 0.485. The molecule has 0 amide bonds. The lowest BCUT2D eigenvalue weighted by molar-refractivity contribution is -0.146. The van der Waals surface area contributed by atoms with E-state index in [1.54, 1.807) is 6.08 Å². The fraction of sp³-hybridized carbons (Fsp3) is 0.786. The molecule has 0 N–H and O–H groups in total. The van der Waals surface area contributed by atoms with E-state index in [0.717, 1.165) is 6.42 Å². The zero-order valence-corrected chi connectivity index (χ0v) is 10.6. The summed E-state index contributed by atoms with van der Waals surface area (Å²) in [6.45, 7) is 4.35. The van der Waals surface area contributed by atoms with Gasteiger partial charge in [-0.1, -0.05) is 52.0 Å². The minimum Gasteiger partial charge on any atom is -0.459 e. The van der Waals surface area contributed by atoms with Gasteiger partial charge in [-0.2, -0.15) is 0 Å². The number of cyclic esters (lactones) is 1. The van der Waals surface area contributed by atoms with Gasteiger partial charge in [0.1, 0.15) is 6.10 Å². The second-order valence-electron chi connectivity index (χ2n) is 4.75. The third-order valence-electron chi connectivity index (χ3n) is 3.23. The van der Waals surface area contributed by atoms with Crippen molar-refractivity contribution in [2.75, 3.05) is 0 Å². The van der Waals surface area contributed by atoms with E-state index in [1.807, 2.05) is 6.08 Å². The maximum Gasteiger partial charge on any atom is 0.330 e. The molecule has 2 nitrogen and oxygen atoms in total. The molecule has 2 atom stereocenters. The van der Waals surface area contributed by atoms with Crippen LogP contribution < -0.4 is 0 Å². The van der Waals surface area contributed by atoms with Crippen molar-refractivity contribution in [1.82, 2.24) is 0 Å². The van der Waals surface area contributed by atoms with Crippen LogP contribution in [0.5, 0.6) is 0 Å². The Morgan fingerprint density at radius 2 is 1.88 bits per heavy atom. The van der Waals surface area contributed by atoms with Crippen LogP contribution in [-0.4, -0.2) is 12.1 Å². The molecule has 0 saturated heterocycles. The van der Waals surface area contributed by atoms with Gasteiger partial charge in [-0.05, 0) is 12.8 Å². The smallest absolute Gasteiger partial charge is 0.330 e. The van der Waals surface area contributed by atoms with E-state index in [1.165, 1.54) is 38.5 Å². The van der Waals surface area contributed by atoms with Crippen molar-refractivity contribution in [2.24, 2.45) is 5.92 Å². The number of esters is 1. The molecule has 1 heterocycles. The van der Waals surface area contributed by atoms with Gasteiger partial charge in [-0.25, -0.2) is 4.79 Å². The number of hydrogen-bond acceptors (Lipinski definition) is 2. The van der Waals surface area contributed by atoms with Gasteiger partial charge in [0.15, 0.2) is 0 Å². The highest BCUT2D eigenvalue weighted by Crippen LogP contribution is 2.20. The molecule has 0 fully saturated rings. The maximum absolute atomic E-state index is 11.1. The number of hydrogen-bond donors (Lipinski definition) is 0. The lowest BCUT2D eigenvalue weighted by Crippen LogP contribution is -2.27. The van der Waals surface area contributed by atoms with Gasteiger partial charge in [-0.15, -0.1) is 0 Å². The van der Waals surface area contributed by atoms with Crippen LogP contribution in [0.2, 0.25) is 0 Å². The van der Waals surface area contributed by atoms with Gasteiger partial charge in [-0.3, -0.25) is 0 Å². The zero-order valence-electron chi connectivity index (χ0n) is 10.6. The number of carbonyl (C=O) groups is 1. The summed E-state index contributed by atoms with van der Waals surface area (Å²) < 4.78 is 5.30. The van der Waals surface area contributed by atoms with Crippen molar-refractivity contribution in [3.8, 4) is 0 Å². The third kappa shape index (κ3) is 4.82. The second kappa shape index (κ2) is 7.48. The van der Waals surface area contributed by atoms with Crippen molar-refractivity contribution < 1.29 is 9.53 Å². The second-order valence-corrected chi connectivity index (χ2v) is 4.75. The molecule has 1 aliphatic heterocycles. The molecule has 1 aliphatic rings. The number of rotatable bonds is 7. The molecule has 92 valence electrons. The first kappa shape index (κ1) is 13.3. The first-order valence-corrected chi connectivity index (χ1v) is 6.63. The Hall–Kier alpha value is -0.790. The summed E-state index contributed by atoms with van der Waals surface area (Å²) in [5.41, 5.74) is 0. The Morgan fingerprint density at radius 1 is 1.19 bits per heavy atom. The van der Waals surface area contributed by atoms with Crippen molar-refractivity contribution in [3.63, 3.8) is 0 Å². The Balaban J connectivity index is 2.08. The molecule has 16 heavy (non-hydrogen) atoms. The SMILES string of the molecule is CCCCCCCCC1OC(=O)C=CC1C. The summed E-state index contributed by atoms with van der Waals surface area (Å²) in [6, 6.07) is 0. The average Bonchev–Trinajstić information content (AvgIpc) is 2.28. The van der Waals surface area contributed by atoms with E-state index in [4.69, 9.17) is 4.74 Å². The van der Waals surface area contributed by atoms with E-state index in [9.17, 15) is 4.79 Å². The van der Waals surface area contributed by atoms with Gasteiger partial charge >= 0.3 is 5.97 Å². The van der Waals surface area contributed by atoms with Crippen molar-refractivity contribution in [2.45, 2.75) is 64.9 Å². The van der Waals surface area contributed by atoms with Crippen LogP contribution in [0.4, 0.5) is 0 Å². The lowest BCUT2D eigenvalue weighted by Gasteiger charge is -2.24. The van der Waals surface area contributed by atoms with E-state index in [0.29, 0.717) is 5.92 Å². The predicted molar refractivity (Wildman–Crippen MR) is 66.2 cm³/mol. The highest BCUT2D eigenvalue weighted by molar-refractivity contribution is 5.82. The molecule has 1 rings (SSSR count). The van der Waals surface area contributed by atoms with E-state index in [-0.39, 0.29) is 12.1 Å². The first-order chi connectivity index (χ1) is 7.74. The van der Waals surface area contributed by atoms with Crippen LogP contribution in [0.25, 0.3) is 0 Å². The van der Waals surface area contributed by atoms with Gasteiger partial charge in [0.2, 0.25) is 0 Å². The minimum absolute atomic E-state index is 0.115. The van der Waals surface area contributed by atoms with Crippen LogP contribution in [-0.2, 0) is 9.53 Å². The molecule has 0 aliphatic carbocycles. The molecule has 2 unspecified atom stereocenters. The molecule has 0 aromatic heterocycles. The van der Waals surface area contributed by atoms with Gasteiger partial charge in [0.05, 0.1) is 0 Å². The van der Waals surface area contributed by atoms with Crippen molar-refractivity contribution in [1.29, 1.82) is 0 Å². The van der Waals surface area contributed by atoms with E-state index < -0.39 is 0 Å². The Labute approximate surface area is 99.1 Å². The van der Waals surface area contributed by atoms with Crippen molar-refractivity contribution >= 4 is 5.97 Å². The standard InChI is InChI=1S/C14H24O2/c1-3-4-5-6-7-8-9-13-12(2)10-11-14(15)16-13/h10-13H,3-9H2,1-2H3. The topological polar surface area (TPSA) is 26.3 Å². The van der Waals surface area contributed by atoms with Gasteiger partial charge in [0.25, 0.3) is 0 Å². The lowest BCUT2D eigenvalue weighted by atomic mass is 9.96. The van der Waals surface area contributed by atoms with Crippen LogP contribution in [0.3, 0.4) is 0 Å². The number of carbonyl (C=O) groups excluding carboxylic acids is 1. The highest BCUT2D eigenvalue weighted by atomic mass is 16.5. The zero-order chi connectivity index (χ0) is 11.8. The van der Waals surface area contributed by atoms with E-state index in [2.05, 4.69) is 13.8 Å². The summed E-state index contributed by atoms with van der Waals surface area (Å²) >= 11 is 0. The molecule has 2 heteroatoms. The van der Waals surface area contributed by atoms with Crippen molar-refractivity contribution in [3.05, 3.63) is 12.2 Å². The maximum atomic E-state index is 11.1. The van der Waals surface area contributed by atoms with Gasteiger partial charge < -0.3 is 4.74 Å². The Kier molecular flexibility index (Phi) is 6.20. The highest BCUT2D eigenvalue weighted by Gasteiger charge is 2.22. The molecule has 0 aromatic carbocycles. The molecular formula is C14H24O2. The largest absolute Gasteiger partial charge is 0.459 e. The summed E-state index contributed by atoms with van der Waals surface area (Å²) in [5, 5.41) is 0. The van der Waals surface area contributed by atoms with Crippen LogP contribution in [0.15, 0.2) is 12.2 Å². The average molecular weight is 224 g/mol. The monoisotopic (exact) mass is 224 g/mol.